The largest absolute Gasteiger partial charge is 0.372 e. The highest BCUT2D eigenvalue weighted by Crippen LogP contribution is 2.22. The molecule has 0 saturated carbocycles. The minimum atomic E-state index is 0. The van der Waals surface area contributed by atoms with Crippen molar-refractivity contribution in [1.29, 1.82) is 0 Å². The second kappa shape index (κ2) is 23.7. The van der Waals surface area contributed by atoms with E-state index in [-0.39, 0.29) is 17.0 Å². The third kappa shape index (κ3) is 16.2. The van der Waals surface area contributed by atoms with Gasteiger partial charge in [0.2, 0.25) is 0 Å². The summed E-state index contributed by atoms with van der Waals surface area (Å²) in [6, 6.07) is 9.03. The lowest BCUT2D eigenvalue weighted by molar-refractivity contribution is 0.525. The summed E-state index contributed by atoms with van der Waals surface area (Å²) in [6.07, 6.45) is 27.3. The summed E-state index contributed by atoms with van der Waals surface area (Å²) < 4.78 is 0. The van der Waals surface area contributed by atoms with Crippen LogP contribution in [0.2, 0.25) is 0 Å². The molecule has 0 amide bonds. The molecule has 0 heterocycles. The van der Waals surface area contributed by atoms with Crippen molar-refractivity contribution in [1.82, 2.24) is 0 Å². The summed E-state index contributed by atoms with van der Waals surface area (Å²) in [7, 11) is 0. The number of para-hydroxylation sites is 1. The second-order valence-electron chi connectivity index (χ2n) is 9.56. The van der Waals surface area contributed by atoms with Crippen LogP contribution in [-0.2, 0) is 6.42 Å². The monoisotopic (exact) mass is 509 g/mol. The fourth-order valence-electron chi connectivity index (χ4n) is 4.81. The van der Waals surface area contributed by atoms with Crippen molar-refractivity contribution >= 4 is 22.7 Å². The first-order valence-corrected chi connectivity index (χ1v) is 14.2. The summed E-state index contributed by atoms with van der Waals surface area (Å²) >= 11 is 0. The Morgan fingerprint density at radius 1 is 0.500 bits per heavy atom. The lowest BCUT2D eigenvalue weighted by Gasteiger charge is -2.24. The first-order chi connectivity index (χ1) is 15.3. The van der Waals surface area contributed by atoms with E-state index in [0.717, 1.165) is 13.1 Å². The summed E-state index contributed by atoms with van der Waals surface area (Å²) in [5.74, 6) is 0. The van der Waals surface area contributed by atoms with Gasteiger partial charge in [0, 0.05) is 18.8 Å². The average Bonchev–Trinajstić information content (AvgIpc) is 2.80. The maximum atomic E-state index is 2.49. The molecule has 0 fully saturated rings. The number of benzene rings is 1. The van der Waals surface area contributed by atoms with Gasteiger partial charge in [0.05, 0.1) is 0 Å². The minimum absolute atomic E-state index is 0. The van der Waals surface area contributed by atoms with Gasteiger partial charge in [-0.2, -0.15) is 0 Å². The molecule has 32 heavy (non-hydrogen) atoms. The Kier molecular flexibility index (Phi) is 23.3. The molecule has 0 aromatic heterocycles. The molecule has 0 spiro atoms. The predicted octanol–water partition coefficient (Wildman–Crippen LogP) is 10.7. The van der Waals surface area contributed by atoms with E-state index in [1.807, 2.05) is 0 Å². The Morgan fingerprint density at radius 3 is 1.28 bits per heavy atom. The van der Waals surface area contributed by atoms with Crippen molar-refractivity contribution in [2.75, 3.05) is 18.0 Å². The van der Waals surface area contributed by atoms with Crippen LogP contribution < -0.4 is 4.90 Å². The lowest BCUT2D eigenvalue weighted by Crippen LogP contribution is -2.23. The fraction of sp³-hybridized carbons (Fsp3) is 0.800. The van der Waals surface area contributed by atoms with Crippen LogP contribution in [0.25, 0.3) is 0 Å². The Balaban J connectivity index is 0.00000961. The molecule has 0 N–H and O–H groups in total. The van der Waals surface area contributed by atoms with E-state index in [2.05, 4.69) is 49.9 Å². The van der Waals surface area contributed by atoms with Crippen molar-refractivity contribution in [3.8, 4) is 0 Å². The van der Waals surface area contributed by atoms with Gasteiger partial charge in [0.1, 0.15) is 0 Å². The van der Waals surface area contributed by atoms with E-state index in [1.165, 1.54) is 128 Å². The molecule has 1 aromatic rings. The first-order valence-electron chi connectivity index (χ1n) is 14.2. The van der Waals surface area contributed by atoms with Gasteiger partial charge in [-0.15, -0.1) is 17.0 Å². The second-order valence-corrected chi connectivity index (χ2v) is 9.56. The summed E-state index contributed by atoms with van der Waals surface area (Å²) in [4.78, 5) is 2.49. The van der Waals surface area contributed by atoms with Crippen molar-refractivity contribution < 1.29 is 0 Å². The number of rotatable bonds is 22. The highest BCUT2D eigenvalue weighted by molar-refractivity contribution is 8.93. The van der Waals surface area contributed by atoms with Gasteiger partial charge >= 0.3 is 0 Å². The quantitative estimate of drug-likeness (QED) is 0.140. The highest BCUT2D eigenvalue weighted by Gasteiger charge is 2.07. The number of unbranched alkanes of at least 4 members (excludes halogenated alkanes) is 17. The van der Waals surface area contributed by atoms with E-state index in [1.54, 1.807) is 5.56 Å². The maximum absolute atomic E-state index is 2.49. The van der Waals surface area contributed by atoms with Crippen LogP contribution >= 0.6 is 17.0 Å². The number of aryl methyl sites for hydroxylation is 1. The molecule has 0 aliphatic rings. The zero-order chi connectivity index (χ0) is 22.4. The molecule has 0 saturated heterocycles. The van der Waals surface area contributed by atoms with E-state index in [4.69, 9.17) is 0 Å². The predicted molar refractivity (Wildman–Crippen MR) is 153 cm³/mol. The maximum Gasteiger partial charge on any atom is 0.0398 e. The molecule has 2 heteroatoms. The van der Waals surface area contributed by atoms with E-state index in [9.17, 15) is 0 Å². The Hall–Kier alpha value is -0.500. The van der Waals surface area contributed by atoms with Gasteiger partial charge in [-0.1, -0.05) is 134 Å². The van der Waals surface area contributed by atoms with Crippen LogP contribution in [0.15, 0.2) is 24.3 Å². The molecule has 1 rings (SSSR count). The third-order valence-electron chi connectivity index (χ3n) is 6.90. The molecule has 1 nitrogen and oxygen atoms in total. The van der Waals surface area contributed by atoms with Crippen LogP contribution in [0, 0.1) is 0 Å². The van der Waals surface area contributed by atoms with Gasteiger partial charge in [-0.25, -0.2) is 0 Å². The van der Waals surface area contributed by atoms with Crippen LogP contribution in [0.4, 0.5) is 5.69 Å². The number of hydrogen-bond acceptors (Lipinski definition) is 1. The van der Waals surface area contributed by atoms with Gasteiger partial charge in [-0.05, 0) is 38.3 Å². The summed E-state index contributed by atoms with van der Waals surface area (Å²) in [6.45, 7) is 9.03. The van der Waals surface area contributed by atoms with Crippen molar-refractivity contribution in [3.63, 3.8) is 0 Å². The lowest BCUT2D eigenvalue weighted by atomic mass is 10.0. The summed E-state index contributed by atoms with van der Waals surface area (Å²) in [5, 5.41) is 0. The van der Waals surface area contributed by atoms with Crippen molar-refractivity contribution in [2.45, 2.75) is 143 Å². The van der Waals surface area contributed by atoms with E-state index in [0.29, 0.717) is 0 Å². The SMILES string of the molecule is Br.CCCCCCCCCCCCCCCCCCCCc1ccccc1N(CC)CC. The molecule has 0 atom stereocenters. The fourth-order valence-corrected chi connectivity index (χ4v) is 4.81. The van der Waals surface area contributed by atoms with Gasteiger partial charge < -0.3 is 4.90 Å². The van der Waals surface area contributed by atoms with E-state index >= 15 is 0 Å². The van der Waals surface area contributed by atoms with Crippen molar-refractivity contribution in [3.05, 3.63) is 29.8 Å². The van der Waals surface area contributed by atoms with Crippen LogP contribution in [0.3, 0.4) is 0 Å². The number of halogens is 1. The Labute approximate surface area is 212 Å². The molecule has 1 aromatic carbocycles. The molecule has 0 aliphatic carbocycles. The number of hydrogen-bond donors (Lipinski definition) is 0. The Morgan fingerprint density at radius 2 is 0.875 bits per heavy atom. The van der Waals surface area contributed by atoms with Crippen LogP contribution in [-0.4, -0.2) is 13.1 Å². The molecule has 0 radical (unpaired) electrons. The molecule has 0 bridgehead atoms. The summed E-state index contributed by atoms with van der Waals surface area (Å²) in [5.41, 5.74) is 3.00. The smallest absolute Gasteiger partial charge is 0.0398 e. The zero-order valence-corrected chi connectivity index (χ0v) is 23.7. The third-order valence-corrected chi connectivity index (χ3v) is 6.90. The average molecular weight is 511 g/mol. The van der Waals surface area contributed by atoms with Gasteiger partial charge in [0.15, 0.2) is 0 Å². The molecule has 0 aliphatic heterocycles. The van der Waals surface area contributed by atoms with Crippen LogP contribution in [0.1, 0.15) is 142 Å². The number of anilines is 1. The Bertz CT molecular complexity index is 497. The topological polar surface area (TPSA) is 3.24 Å². The normalized spacial score (nSPS) is 10.8. The molecular weight excluding hydrogens is 454 g/mol. The van der Waals surface area contributed by atoms with Crippen LogP contribution in [0.5, 0.6) is 0 Å². The van der Waals surface area contributed by atoms with Crippen molar-refractivity contribution in [2.24, 2.45) is 0 Å². The van der Waals surface area contributed by atoms with E-state index < -0.39 is 0 Å². The standard InChI is InChI=1S/C30H55N.BrH/c1-4-7-8-9-10-11-12-13-14-15-16-17-18-19-20-21-22-23-26-29-27-24-25-28-30(29)31(5-2)6-3;/h24-25,27-28H,4-23,26H2,1-3H3;1H. The molecule has 188 valence electrons. The molecular formula is C30H56BrN. The minimum Gasteiger partial charge on any atom is -0.372 e. The molecule has 0 unspecified atom stereocenters. The number of nitrogens with zero attached hydrogens (tertiary/aromatic N) is 1. The van der Waals surface area contributed by atoms with Gasteiger partial charge in [-0.3, -0.25) is 0 Å². The van der Waals surface area contributed by atoms with Gasteiger partial charge in [0.25, 0.3) is 0 Å². The first kappa shape index (κ1) is 31.5. The highest BCUT2D eigenvalue weighted by atomic mass is 79.9. The zero-order valence-electron chi connectivity index (χ0n) is 22.0.